The van der Waals surface area contributed by atoms with Gasteiger partial charge in [0.25, 0.3) is 0 Å². The van der Waals surface area contributed by atoms with Crippen LogP contribution in [0.15, 0.2) is 0 Å². The monoisotopic (exact) mass is 241 g/mol. The fraction of sp³-hybridized carbons (Fsp3) is 0.833. The summed E-state index contributed by atoms with van der Waals surface area (Å²) in [4.78, 5) is 25.3. The molecule has 1 rings (SSSR count). The third kappa shape index (κ3) is 4.73. The molecule has 1 fully saturated rings. The van der Waals surface area contributed by atoms with E-state index in [9.17, 15) is 9.59 Å². The van der Waals surface area contributed by atoms with E-state index >= 15 is 0 Å². The van der Waals surface area contributed by atoms with E-state index < -0.39 is 5.41 Å². The van der Waals surface area contributed by atoms with Crippen LogP contribution in [0, 0.1) is 5.41 Å². The number of hydrogen-bond donors (Lipinski definition) is 2. The number of rotatable bonds is 2. The zero-order valence-electron chi connectivity index (χ0n) is 11.0. The van der Waals surface area contributed by atoms with Gasteiger partial charge in [0.1, 0.15) is 0 Å². The molecule has 0 bridgehead atoms. The summed E-state index contributed by atoms with van der Waals surface area (Å²) in [6, 6.07) is 0. The third-order valence-corrected chi connectivity index (χ3v) is 2.77. The normalized spacial score (nSPS) is 17.5. The van der Waals surface area contributed by atoms with E-state index in [0.29, 0.717) is 0 Å². The lowest BCUT2D eigenvalue weighted by Crippen LogP contribution is -2.44. The number of amides is 2. The van der Waals surface area contributed by atoms with Crippen molar-refractivity contribution in [2.75, 3.05) is 32.7 Å². The summed E-state index contributed by atoms with van der Waals surface area (Å²) < 4.78 is 0. The van der Waals surface area contributed by atoms with Gasteiger partial charge in [0.05, 0.1) is 6.54 Å². The molecular formula is C12H23N3O2. The van der Waals surface area contributed by atoms with Gasteiger partial charge < -0.3 is 15.5 Å². The first-order valence-corrected chi connectivity index (χ1v) is 6.18. The zero-order valence-corrected chi connectivity index (χ0v) is 11.0. The largest absolute Gasteiger partial charge is 0.347 e. The van der Waals surface area contributed by atoms with Gasteiger partial charge in [-0.15, -0.1) is 0 Å². The molecule has 0 aromatic rings. The lowest BCUT2D eigenvalue weighted by Gasteiger charge is -2.22. The Morgan fingerprint density at radius 3 is 2.59 bits per heavy atom. The predicted molar refractivity (Wildman–Crippen MR) is 66.5 cm³/mol. The van der Waals surface area contributed by atoms with Gasteiger partial charge in [0.15, 0.2) is 0 Å². The molecule has 0 spiro atoms. The van der Waals surface area contributed by atoms with Crippen LogP contribution in [-0.2, 0) is 9.59 Å². The highest BCUT2D eigenvalue weighted by atomic mass is 16.2. The molecule has 1 aliphatic heterocycles. The molecule has 98 valence electrons. The second-order valence-corrected chi connectivity index (χ2v) is 5.42. The van der Waals surface area contributed by atoms with Crippen molar-refractivity contribution in [3.05, 3.63) is 0 Å². The molecule has 1 heterocycles. The molecule has 17 heavy (non-hydrogen) atoms. The number of nitrogens with one attached hydrogen (secondary N) is 2. The highest BCUT2D eigenvalue weighted by Crippen LogP contribution is 2.12. The Bertz CT molecular complexity index is 276. The summed E-state index contributed by atoms with van der Waals surface area (Å²) in [5.41, 5.74) is -0.444. The van der Waals surface area contributed by atoms with Gasteiger partial charge in [0, 0.05) is 25.0 Å². The van der Waals surface area contributed by atoms with Gasteiger partial charge >= 0.3 is 0 Å². The smallest absolute Gasteiger partial charge is 0.242 e. The lowest BCUT2D eigenvalue weighted by molar-refractivity contribution is -0.135. The second kappa shape index (κ2) is 6.00. The van der Waals surface area contributed by atoms with Gasteiger partial charge in [-0.1, -0.05) is 20.8 Å². The molecule has 2 N–H and O–H groups in total. The van der Waals surface area contributed by atoms with Crippen molar-refractivity contribution >= 4 is 11.8 Å². The lowest BCUT2D eigenvalue weighted by atomic mass is 9.96. The van der Waals surface area contributed by atoms with Gasteiger partial charge in [-0.2, -0.15) is 0 Å². The van der Waals surface area contributed by atoms with Crippen molar-refractivity contribution in [2.24, 2.45) is 5.41 Å². The van der Waals surface area contributed by atoms with E-state index in [0.717, 1.165) is 32.6 Å². The Labute approximate surface area is 103 Å². The van der Waals surface area contributed by atoms with Crippen LogP contribution in [-0.4, -0.2) is 49.4 Å². The maximum Gasteiger partial charge on any atom is 0.242 e. The van der Waals surface area contributed by atoms with Crippen molar-refractivity contribution in [2.45, 2.75) is 27.2 Å². The minimum absolute atomic E-state index is 0.00583. The van der Waals surface area contributed by atoms with E-state index in [1.165, 1.54) is 0 Å². The van der Waals surface area contributed by atoms with Crippen LogP contribution in [0.4, 0.5) is 0 Å². The molecule has 0 saturated carbocycles. The maximum atomic E-state index is 11.9. The molecule has 1 saturated heterocycles. The van der Waals surface area contributed by atoms with E-state index in [1.807, 2.05) is 25.7 Å². The minimum atomic E-state index is -0.444. The van der Waals surface area contributed by atoms with Crippen molar-refractivity contribution in [1.82, 2.24) is 15.5 Å². The maximum absolute atomic E-state index is 11.9. The SMILES string of the molecule is CC(C)(C)C(=O)NCC(=O)N1CCCNCC1. The van der Waals surface area contributed by atoms with Crippen LogP contribution in [0.3, 0.4) is 0 Å². The van der Waals surface area contributed by atoms with E-state index in [-0.39, 0.29) is 18.4 Å². The number of carbonyl (C=O) groups is 2. The van der Waals surface area contributed by atoms with Crippen molar-refractivity contribution in [3.63, 3.8) is 0 Å². The molecule has 0 radical (unpaired) electrons. The Balaban J connectivity index is 2.36. The average Bonchev–Trinajstić information content (AvgIpc) is 2.52. The zero-order chi connectivity index (χ0) is 12.9. The highest BCUT2D eigenvalue weighted by Gasteiger charge is 2.22. The summed E-state index contributed by atoms with van der Waals surface area (Å²) in [6.45, 7) is 8.91. The molecule has 0 atom stereocenters. The highest BCUT2D eigenvalue weighted by molar-refractivity contribution is 5.87. The third-order valence-electron chi connectivity index (χ3n) is 2.77. The Morgan fingerprint density at radius 2 is 1.94 bits per heavy atom. The van der Waals surface area contributed by atoms with Gasteiger partial charge in [-0.25, -0.2) is 0 Å². The molecule has 0 aromatic heterocycles. The van der Waals surface area contributed by atoms with Crippen molar-refractivity contribution in [1.29, 1.82) is 0 Å². The van der Waals surface area contributed by atoms with E-state index in [4.69, 9.17) is 0 Å². The number of hydrogen-bond acceptors (Lipinski definition) is 3. The van der Waals surface area contributed by atoms with Crippen molar-refractivity contribution < 1.29 is 9.59 Å². The topological polar surface area (TPSA) is 61.4 Å². The Kier molecular flexibility index (Phi) is 4.93. The van der Waals surface area contributed by atoms with Gasteiger partial charge in [0.2, 0.25) is 11.8 Å². The van der Waals surface area contributed by atoms with Crippen LogP contribution in [0.25, 0.3) is 0 Å². The van der Waals surface area contributed by atoms with E-state index in [2.05, 4.69) is 10.6 Å². The summed E-state index contributed by atoms with van der Waals surface area (Å²) in [5.74, 6) is -0.0786. The van der Waals surface area contributed by atoms with Crippen LogP contribution in [0.2, 0.25) is 0 Å². The molecule has 2 amide bonds. The fourth-order valence-electron chi connectivity index (χ4n) is 1.63. The summed E-state index contributed by atoms with van der Waals surface area (Å²) in [6.07, 6.45) is 0.971. The van der Waals surface area contributed by atoms with Gasteiger partial charge in [-0.05, 0) is 13.0 Å². The average molecular weight is 241 g/mol. The molecule has 0 aromatic carbocycles. The first-order chi connectivity index (χ1) is 7.91. The molecule has 1 aliphatic rings. The predicted octanol–water partition coefficient (Wildman–Crippen LogP) is -0.0294. The first kappa shape index (κ1) is 14.0. The summed E-state index contributed by atoms with van der Waals surface area (Å²) in [7, 11) is 0. The first-order valence-electron chi connectivity index (χ1n) is 6.18. The van der Waals surface area contributed by atoms with Gasteiger partial charge in [-0.3, -0.25) is 9.59 Å². The molecule has 5 heteroatoms. The summed E-state index contributed by atoms with van der Waals surface area (Å²) in [5, 5.41) is 5.93. The molecule has 0 aliphatic carbocycles. The molecule has 0 unspecified atom stereocenters. The number of nitrogens with zero attached hydrogens (tertiary/aromatic N) is 1. The molecular weight excluding hydrogens is 218 g/mol. The Hall–Kier alpha value is -1.10. The standard InChI is InChI=1S/C12H23N3O2/c1-12(2,3)11(17)14-9-10(16)15-7-4-5-13-6-8-15/h13H,4-9H2,1-3H3,(H,14,17). The van der Waals surface area contributed by atoms with Crippen molar-refractivity contribution in [3.8, 4) is 0 Å². The van der Waals surface area contributed by atoms with E-state index in [1.54, 1.807) is 0 Å². The van der Waals surface area contributed by atoms with Crippen LogP contribution in [0.1, 0.15) is 27.2 Å². The Morgan fingerprint density at radius 1 is 1.24 bits per heavy atom. The fourth-order valence-corrected chi connectivity index (χ4v) is 1.63. The van der Waals surface area contributed by atoms with Crippen LogP contribution >= 0.6 is 0 Å². The quantitative estimate of drug-likeness (QED) is 0.714. The van der Waals surface area contributed by atoms with Crippen LogP contribution in [0.5, 0.6) is 0 Å². The van der Waals surface area contributed by atoms with Crippen LogP contribution < -0.4 is 10.6 Å². The second-order valence-electron chi connectivity index (χ2n) is 5.42. The minimum Gasteiger partial charge on any atom is -0.347 e. The summed E-state index contributed by atoms with van der Waals surface area (Å²) >= 11 is 0. The number of carbonyl (C=O) groups excluding carboxylic acids is 2. The molecule has 5 nitrogen and oxygen atoms in total.